The Morgan fingerprint density at radius 3 is 2.41 bits per heavy atom. The van der Waals surface area contributed by atoms with Crippen molar-refractivity contribution in [3.05, 3.63) is 48.4 Å². The van der Waals surface area contributed by atoms with Crippen molar-refractivity contribution in [3.8, 4) is 11.4 Å². The van der Waals surface area contributed by atoms with Crippen LogP contribution in [0.5, 0.6) is 5.75 Å². The summed E-state index contributed by atoms with van der Waals surface area (Å²) >= 11 is 0. The first-order valence-electron chi connectivity index (χ1n) is 8.50. The molecule has 142 valence electrons. The van der Waals surface area contributed by atoms with Crippen LogP contribution in [0.3, 0.4) is 0 Å². The van der Waals surface area contributed by atoms with Gasteiger partial charge in [0, 0.05) is 43.3 Å². The second kappa shape index (κ2) is 6.50. The van der Waals surface area contributed by atoms with Crippen molar-refractivity contribution in [2.75, 3.05) is 37.3 Å². The molecule has 1 aliphatic rings. The van der Waals surface area contributed by atoms with Crippen LogP contribution in [0, 0.1) is 5.82 Å². The molecule has 2 heterocycles. The summed E-state index contributed by atoms with van der Waals surface area (Å²) in [5.41, 5.74) is 2.40. The van der Waals surface area contributed by atoms with Gasteiger partial charge in [-0.1, -0.05) is 0 Å². The Balaban J connectivity index is 1.60. The Hall–Kier alpha value is -2.65. The topological polar surface area (TPSA) is 78.7 Å². The number of phenolic OH excluding ortho intramolecular Hbond substituents is 1. The van der Waals surface area contributed by atoms with E-state index in [9.17, 15) is 17.9 Å². The van der Waals surface area contributed by atoms with Crippen molar-refractivity contribution >= 4 is 26.6 Å². The Bertz CT molecular complexity index is 1100. The van der Waals surface area contributed by atoms with Crippen molar-refractivity contribution in [3.63, 3.8) is 0 Å². The Labute approximate surface area is 156 Å². The number of rotatable bonds is 3. The molecule has 7 nitrogen and oxygen atoms in total. The molecule has 1 aromatic heterocycles. The maximum Gasteiger partial charge on any atom is 0.211 e. The summed E-state index contributed by atoms with van der Waals surface area (Å²) in [5, 5.41) is 14.8. The molecule has 2 aromatic carbocycles. The summed E-state index contributed by atoms with van der Waals surface area (Å²) in [7, 11) is -3.15. The maximum absolute atomic E-state index is 13.3. The van der Waals surface area contributed by atoms with E-state index in [0.29, 0.717) is 31.9 Å². The molecule has 1 saturated heterocycles. The van der Waals surface area contributed by atoms with Crippen molar-refractivity contribution < 1.29 is 17.9 Å². The quantitative estimate of drug-likeness (QED) is 0.740. The normalized spacial score (nSPS) is 16.1. The molecule has 0 atom stereocenters. The van der Waals surface area contributed by atoms with Crippen LogP contribution in [-0.4, -0.2) is 60.0 Å². The van der Waals surface area contributed by atoms with Gasteiger partial charge < -0.3 is 10.0 Å². The Morgan fingerprint density at radius 2 is 1.74 bits per heavy atom. The van der Waals surface area contributed by atoms with Crippen LogP contribution in [0.15, 0.2) is 42.6 Å². The lowest BCUT2D eigenvalue weighted by Crippen LogP contribution is -2.48. The van der Waals surface area contributed by atoms with Crippen LogP contribution >= 0.6 is 0 Å². The molecule has 0 amide bonds. The van der Waals surface area contributed by atoms with Gasteiger partial charge >= 0.3 is 0 Å². The van der Waals surface area contributed by atoms with E-state index in [1.54, 1.807) is 16.9 Å². The predicted octanol–water partition coefficient (Wildman–Crippen LogP) is 1.95. The molecular formula is C18H19FN4O3S. The van der Waals surface area contributed by atoms with Gasteiger partial charge in [0.05, 0.1) is 23.7 Å². The number of sulfonamides is 1. The van der Waals surface area contributed by atoms with Gasteiger partial charge in [-0.05, 0) is 30.3 Å². The van der Waals surface area contributed by atoms with Gasteiger partial charge in [0.1, 0.15) is 0 Å². The highest BCUT2D eigenvalue weighted by Crippen LogP contribution is 2.27. The van der Waals surface area contributed by atoms with Crippen molar-refractivity contribution in [1.29, 1.82) is 0 Å². The Morgan fingerprint density at radius 1 is 1.04 bits per heavy atom. The van der Waals surface area contributed by atoms with E-state index in [0.717, 1.165) is 16.6 Å². The summed E-state index contributed by atoms with van der Waals surface area (Å²) in [5.74, 6) is -1.10. The van der Waals surface area contributed by atoms with E-state index in [-0.39, 0.29) is 0 Å². The first-order chi connectivity index (χ1) is 12.8. The molecule has 3 aromatic rings. The zero-order valence-electron chi connectivity index (χ0n) is 14.7. The van der Waals surface area contributed by atoms with Gasteiger partial charge in [-0.3, -0.25) is 0 Å². The van der Waals surface area contributed by atoms with E-state index < -0.39 is 21.6 Å². The van der Waals surface area contributed by atoms with Crippen molar-refractivity contribution in [2.45, 2.75) is 0 Å². The summed E-state index contributed by atoms with van der Waals surface area (Å²) in [4.78, 5) is 2.14. The third kappa shape index (κ3) is 3.35. The average Bonchev–Trinajstić information content (AvgIpc) is 3.06. The summed E-state index contributed by atoms with van der Waals surface area (Å²) < 4.78 is 39.7. The van der Waals surface area contributed by atoms with E-state index in [2.05, 4.69) is 10.00 Å². The first-order valence-corrected chi connectivity index (χ1v) is 10.3. The third-order valence-electron chi connectivity index (χ3n) is 4.80. The molecule has 4 rings (SSSR count). The number of nitrogens with zero attached hydrogens (tertiary/aromatic N) is 4. The molecule has 1 aliphatic heterocycles. The molecule has 0 bridgehead atoms. The van der Waals surface area contributed by atoms with Crippen LogP contribution in [-0.2, 0) is 10.0 Å². The third-order valence-corrected chi connectivity index (χ3v) is 6.10. The number of aromatic hydroxyl groups is 1. The summed E-state index contributed by atoms with van der Waals surface area (Å²) in [6.45, 7) is 2.17. The molecule has 1 N–H and O–H groups in total. The predicted molar refractivity (Wildman–Crippen MR) is 101 cm³/mol. The number of piperazine rings is 1. The zero-order chi connectivity index (χ0) is 19.2. The number of hydrogen-bond acceptors (Lipinski definition) is 5. The fourth-order valence-electron chi connectivity index (χ4n) is 3.33. The first kappa shape index (κ1) is 17.7. The lowest BCUT2D eigenvalue weighted by Gasteiger charge is -2.34. The molecular weight excluding hydrogens is 371 g/mol. The number of halogens is 1. The highest BCUT2D eigenvalue weighted by molar-refractivity contribution is 7.88. The average molecular weight is 390 g/mol. The second-order valence-electron chi connectivity index (χ2n) is 6.58. The van der Waals surface area contributed by atoms with Crippen molar-refractivity contribution in [1.82, 2.24) is 14.1 Å². The lowest BCUT2D eigenvalue weighted by molar-refractivity contribution is 0.388. The molecule has 0 saturated carbocycles. The van der Waals surface area contributed by atoms with Crippen molar-refractivity contribution in [2.24, 2.45) is 0 Å². The van der Waals surface area contributed by atoms with Crippen LogP contribution in [0.4, 0.5) is 10.1 Å². The van der Waals surface area contributed by atoms with Gasteiger partial charge in [-0.25, -0.2) is 17.5 Å². The number of benzene rings is 2. The minimum atomic E-state index is -3.15. The van der Waals surface area contributed by atoms with Crippen LogP contribution in [0.25, 0.3) is 16.6 Å². The maximum atomic E-state index is 13.3. The number of hydrogen-bond donors (Lipinski definition) is 1. The van der Waals surface area contributed by atoms with Crippen LogP contribution < -0.4 is 4.90 Å². The molecule has 0 spiro atoms. The number of anilines is 1. The van der Waals surface area contributed by atoms with Gasteiger partial charge in [0.2, 0.25) is 10.0 Å². The monoisotopic (exact) mass is 390 g/mol. The Kier molecular flexibility index (Phi) is 4.27. The molecule has 0 aliphatic carbocycles. The SMILES string of the molecule is CS(=O)(=O)N1CCN(c2ccc3c(cnn3-c3ccc(F)c(O)c3)c2)CC1. The van der Waals surface area contributed by atoms with Gasteiger partial charge in [0.15, 0.2) is 11.6 Å². The summed E-state index contributed by atoms with van der Waals surface area (Å²) in [6, 6.07) is 9.97. The molecule has 27 heavy (non-hydrogen) atoms. The van der Waals surface area contributed by atoms with Crippen LogP contribution in [0.1, 0.15) is 0 Å². The number of fused-ring (bicyclic) bond motifs is 1. The highest BCUT2D eigenvalue weighted by Gasteiger charge is 2.23. The minimum Gasteiger partial charge on any atom is -0.505 e. The highest BCUT2D eigenvalue weighted by atomic mass is 32.2. The van der Waals surface area contributed by atoms with Gasteiger partial charge in [0.25, 0.3) is 0 Å². The molecule has 0 unspecified atom stereocenters. The molecule has 0 radical (unpaired) electrons. The molecule has 9 heteroatoms. The number of phenols is 1. The lowest BCUT2D eigenvalue weighted by atomic mass is 10.2. The summed E-state index contributed by atoms with van der Waals surface area (Å²) in [6.07, 6.45) is 2.95. The van der Waals surface area contributed by atoms with E-state index in [1.807, 2.05) is 18.2 Å². The van der Waals surface area contributed by atoms with Crippen LogP contribution in [0.2, 0.25) is 0 Å². The fourth-order valence-corrected chi connectivity index (χ4v) is 4.16. The second-order valence-corrected chi connectivity index (χ2v) is 8.57. The zero-order valence-corrected chi connectivity index (χ0v) is 15.5. The standard InChI is InChI=1S/C18H19FN4O3S/c1-27(25,26)22-8-6-21(7-9-22)14-3-5-17-13(10-14)12-20-23(17)15-2-4-16(19)18(24)11-15/h2-5,10-12,24H,6-9H2,1H3. The van der Waals surface area contributed by atoms with Gasteiger partial charge in [-0.2, -0.15) is 9.40 Å². The minimum absolute atomic E-state index is 0.420. The molecule has 1 fully saturated rings. The van der Waals surface area contributed by atoms with E-state index in [1.165, 1.54) is 22.7 Å². The van der Waals surface area contributed by atoms with E-state index in [4.69, 9.17) is 0 Å². The van der Waals surface area contributed by atoms with E-state index >= 15 is 0 Å². The fraction of sp³-hybridized carbons (Fsp3) is 0.278. The smallest absolute Gasteiger partial charge is 0.211 e. The largest absolute Gasteiger partial charge is 0.505 e. The van der Waals surface area contributed by atoms with Gasteiger partial charge in [-0.15, -0.1) is 0 Å². The number of aromatic nitrogens is 2.